The lowest BCUT2D eigenvalue weighted by Crippen LogP contribution is -2.71. The SMILES string of the molecule is CC1=C(C(=O)O)N2C(=O)[C@@H](NC(=O)[C@H](N)c3ccccc3)[C@H]2SC1O. The van der Waals surface area contributed by atoms with Gasteiger partial charge in [0.2, 0.25) is 5.91 Å². The average Bonchev–Trinajstić information content (AvgIpc) is 2.61. The summed E-state index contributed by atoms with van der Waals surface area (Å²) in [4.78, 5) is 37.1. The van der Waals surface area contributed by atoms with E-state index >= 15 is 0 Å². The Labute approximate surface area is 147 Å². The molecule has 2 aliphatic heterocycles. The molecule has 2 aliphatic rings. The first-order valence-corrected chi connectivity index (χ1v) is 8.48. The Hall–Kier alpha value is -2.36. The number of nitrogens with two attached hydrogens (primary N) is 1. The molecule has 1 saturated heterocycles. The number of hydrogen-bond acceptors (Lipinski definition) is 6. The molecule has 0 aliphatic carbocycles. The molecular weight excluding hydrogens is 346 g/mol. The predicted octanol–water partition coefficient (Wildman–Crippen LogP) is -0.237. The zero-order valence-corrected chi connectivity index (χ0v) is 14.1. The van der Waals surface area contributed by atoms with Crippen LogP contribution in [0.4, 0.5) is 0 Å². The molecule has 0 saturated carbocycles. The maximum Gasteiger partial charge on any atom is 0.352 e. The van der Waals surface area contributed by atoms with E-state index in [2.05, 4.69) is 5.32 Å². The molecule has 4 atom stereocenters. The molecule has 132 valence electrons. The van der Waals surface area contributed by atoms with Crippen molar-refractivity contribution in [2.75, 3.05) is 0 Å². The number of rotatable bonds is 4. The minimum atomic E-state index is -1.29. The van der Waals surface area contributed by atoms with E-state index in [-0.39, 0.29) is 11.3 Å². The maximum atomic E-state index is 12.3. The van der Waals surface area contributed by atoms with Crippen molar-refractivity contribution in [3.63, 3.8) is 0 Å². The summed E-state index contributed by atoms with van der Waals surface area (Å²) in [7, 11) is 0. The van der Waals surface area contributed by atoms with Gasteiger partial charge in [0.1, 0.15) is 28.6 Å². The van der Waals surface area contributed by atoms with Crippen LogP contribution in [0.15, 0.2) is 41.6 Å². The van der Waals surface area contributed by atoms with E-state index in [0.29, 0.717) is 5.56 Å². The highest BCUT2D eigenvalue weighted by atomic mass is 32.2. The molecule has 1 aromatic rings. The fourth-order valence-corrected chi connectivity index (χ4v) is 4.09. The Morgan fingerprint density at radius 2 is 1.96 bits per heavy atom. The number of nitrogens with one attached hydrogen (secondary N) is 1. The van der Waals surface area contributed by atoms with Gasteiger partial charge < -0.3 is 21.3 Å². The van der Waals surface area contributed by atoms with Crippen molar-refractivity contribution in [3.8, 4) is 0 Å². The van der Waals surface area contributed by atoms with Gasteiger partial charge in [-0.2, -0.15) is 0 Å². The third kappa shape index (κ3) is 2.90. The Bertz CT molecular complexity index is 766. The number of benzene rings is 1. The number of amides is 2. The minimum absolute atomic E-state index is 0.202. The Morgan fingerprint density at radius 3 is 2.56 bits per heavy atom. The number of thioether (sulfide) groups is 1. The zero-order valence-electron chi connectivity index (χ0n) is 13.2. The van der Waals surface area contributed by atoms with Gasteiger partial charge in [-0.25, -0.2) is 4.79 Å². The van der Waals surface area contributed by atoms with Crippen molar-refractivity contribution in [2.24, 2.45) is 5.73 Å². The molecule has 0 radical (unpaired) electrons. The van der Waals surface area contributed by atoms with Crippen LogP contribution in [0, 0.1) is 0 Å². The van der Waals surface area contributed by atoms with Crippen molar-refractivity contribution in [1.82, 2.24) is 10.2 Å². The molecule has 1 aromatic carbocycles. The van der Waals surface area contributed by atoms with Crippen LogP contribution in [-0.4, -0.2) is 49.7 Å². The molecule has 3 rings (SSSR count). The first-order valence-electron chi connectivity index (χ1n) is 7.54. The Kier molecular flexibility index (Phi) is 4.55. The van der Waals surface area contributed by atoms with Gasteiger partial charge in [0, 0.05) is 0 Å². The number of carboxylic acids is 1. The van der Waals surface area contributed by atoms with E-state index in [1.807, 2.05) is 0 Å². The second-order valence-corrected chi connectivity index (χ2v) is 7.00. The quantitative estimate of drug-likeness (QED) is 0.543. The molecular formula is C16H17N3O5S. The highest BCUT2D eigenvalue weighted by Crippen LogP contribution is 2.43. The fraction of sp³-hybridized carbons (Fsp3) is 0.312. The van der Waals surface area contributed by atoms with Gasteiger partial charge in [-0.1, -0.05) is 42.1 Å². The van der Waals surface area contributed by atoms with Crippen molar-refractivity contribution in [3.05, 3.63) is 47.2 Å². The summed E-state index contributed by atoms with van der Waals surface area (Å²) in [6.45, 7) is 1.46. The van der Waals surface area contributed by atoms with Gasteiger partial charge in [-0.05, 0) is 18.1 Å². The first-order chi connectivity index (χ1) is 11.8. The van der Waals surface area contributed by atoms with Gasteiger partial charge >= 0.3 is 5.97 Å². The molecule has 2 amide bonds. The smallest absolute Gasteiger partial charge is 0.352 e. The van der Waals surface area contributed by atoms with Gasteiger partial charge in [-0.3, -0.25) is 14.5 Å². The van der Waals surface area contributed by atoms with E-state index in [1.54, 1.807) is 30.3 Å². The molecule has 1 unspecified atom stereocenters. The van der Waals surface area contributed by atoms with Gasteiger partial charge in [-0.15, -0.1) is 0 Å². The molecule has 25 heavy (non-hydrogen) atoms. The second kappa shape index (κ2) is 6.51. The van der Waals surface area contributed by atoms with E-state index in [0.717, 1.165) is 16.7 Å². The molecule has 9 heteroatoms. The van der Waals surface area contributed by atoms with Gasteiger partial charge in [0.25, 0.3) is 5.91 Å². The topological polar surface area (TPSA) is 133 Å². The lowest BCUT2D eigenvalue weighted by molar-refractivity contribution is -0.151. The first kappa shape index (κ1) is 17.5. The van der Waals surface area contributed by atoms with Gasteiger partial charge in [0.05, 0.1) is 0 Å². The molecule has 5 N–H and O–H groups in total. The third-order valence-corrected chi connectivity index (χ3v) is 5.61. The van der Waals surface area contributed by atoms with Crippen LogP contribution in [0.3, 0.4) is 0 Å². The van der Waals surface area contributed by atoms with Crippen molar-refractivity contribution >= 4 is 29.5 Å². The standard InChI is InChI=1S/C16H17N3O5S/c1-7-11(15(22)23)19-13(21)10(14(19)25-16(7)24)18-12(20)9(17)8-5-3-2-4-6-8/h2-6,9-10,14,16,24H,17H2,1H3,(H,18,20)(H,22,23)/t9-,10-,14-,16?/m1/s1. The molecule has 0 bridgehead atoms. The van der Waals surface area contributed by atoms with E-state index < -0.39 is 40.7 Å². The number of carboxylic acid groups (broad SMARTS) is 1. The highest BCUT2D eigenvalue weighted by molar-refractivity contribution is 8.00. The predicted molar refractivity (Wildman–Crippen MR) is 89.9 cm³/mol. The number of aliphatic carboxylic acids is 1. The summed E-state index contributed by atoms with van der Waals surface area (Å²) in [6.07, 6.45) is 0. The molecule has 0 aromatic heterocycles. The molecule has 2 heterocycles. The number of carbonyl (C=O) groups is 3. The van der Waals surface area contributed by atoms with Gasteiger partial charge in [0.15, 0.2) is 0 Å². The van der Waals surface area contributed by atoms with E-state index in [4.69, 9.17) is 5.73 Å². The van der Waals surface area contributed by atoms with Crippen LogP contribution >= 0.6 is 11.8 Å². The summed E-state index contributed by atoms with van der Waals surface area (Å²) in [5, 5.41) is 21.2. The molecule has 8 nitrogen and oxygen atoms in total. The average molecular weight is 363 g/mol. The molecule has 1 fully saturated rings. The highest BCUT2D eigenvalue weighted by Gasteiger charge is 2.55. The molecule has 0 spiro atoms. The lowest BCUT2D eigenvalue weighted by Gasteiger charge is -2.50. The zero-order chi connectivity index (χ0) is 18.3. The van der Waals surface area contributed by atoms with Crippen LogP contribution in [0.1, 0.15) is 18.5 Å². The van der Waals surface area contributed by atoms with E-state index in [9.17, 15) is 24.6 Å². The van der Waals surface area contributed by atoms with Crippen LogP contribution < -0.4 is 11.1 Å². The van der Waals surface area contributed by atoms with Crippen LogP contribution in [0.5, 0.6) is 0 Å². The van der Waals surface area contributed by atoms with Crippen molar-refractivity contribution in [2.45, 2.75) is 29.8 Å². The summed E-state index contributed by atoms with van der Waals surface area (Å²) in [5.41, 5.74) is 5.42. The summed E-state index contributed by atoms with van der Waals surface area (Å²) < 4.78 is 0. The van der Waals surface area contributed by atoms with Crippen LogP contribution in [0.25, 0.3) is 0 Å². The van der Waals surface area contributed by atoms with E-state index in [1.165, 1.54) is 6.92 Å². The largest absolute Gasteiger partial charge is 0.477 e. The van der Waals surface area contributed by atoms with Crippen LogP contribution in [-0.2, 0) is 14.4 Å². The lowest BCUT2D eigenvalue weighted by atomic mass is 10.0. The Morgan fingerprint density at radius 1 is 1.32 bits per heavy atom. The maximum absolute atomic E-state index is 12.3. The second-order valence-electron chi connectivity index (χ2n) is 5.80. The number of aliphatic hydroxyl groups is 1. The number of nitrogens with zero attached hydrogens (tertiary/aromatic N) is 1. The fourth-order valence-electron chi connectivity index (χ4n) is 2.84. The summed E-state index contributed by atoms with van der Waals surface area (Å²) in [5.74, 6) is -2.36. The normalized spacial score (nSPS) is 26.6. The number of carbonyl (C=O) groups excluding carboxylic acids is 2. The minimum Gasteiger partial charge on any atom is -0.477 e. The number of hydrogen-bond donors (Lipinski definition) is 4. The Balaban J connectivity index is 1.75. The third-order valence-electron chi connectivity index (χ3n) is 4.24. The van der Waals surface area contributed by atoms with Crippen LogP contribution in [0.2, 0.25) is 0 Å². The summed E-state index contributed by atoms with van der Waals surface area (Å²) in [6, 6.07) is 6.82. The number of aliphatic hydroxyl groups excluding tert-OH is 1. The monoisotopic (exact) mass is 363 g/mol. The van der Waals surface area contributed by atoms with Crippen molar-refractivity contribution < 1.29 is 24.6 Å². The van der Waals surface area contributed by atoms with Crippen molar-refractivity contribution in [1.29, 1.82) is 0 Å². The number of fused-ring (bicyclic) bond motifs is 1. The number of β-lactam (4-membered cyclic amide) rings is 1. The summed E-state index contributed by atoms with van der Waals surface area (Å²) >= 11 is 1.01.